The predicted molar refractivity (Wildman–Crippen MR) is 79.2 cm³/mol. The van der Waals surface area contributed by atoms with E-state index in [9.17, 15) is 18.3 Å². The van der Waals surface area contributed by atoms with E-state index in [4.69, 9.17) is 0 Å². The summed E-state index contributed by atoms with van der Waals surface area (Å²) >= 11 is 4.19. The van der Waals surface area contributed by atoms with Crippen LogP contribution in [0.3, 0.4) is 0 Å². The Morgan fingerprint density at radius 1 is 1.20 bits per heavy atom. The second-order valence-electron chi connectivity index (χ2n) is 3.86. The first-order valence-corrected chi connectivity index (χ1v) is 8.55. The molecule has 0 radical (unpaired) electrons. The van der Waals surface area contributed by atoms with Gasteiger partial charge in [-0.3, -0.25) is 4.79 Å². The smallest absolute Gasteiger partial charge is 0.326 e. The van der Waals surface area contributed by atoms with E-state index in [-0.39, 0.29) is 4.21 Å². The molecule has 0 fully saturated rings. The van der Waals surface area contributed by atoms with Crippen molar-refractivity contribution in [3.63, 3.8) is 0 Å². The lowest BCUT2D eigenvalue weighted by Crippen LogP contribution is -2.33. The molecule has 2 aromatic rings. The fourth-order valence-electron chi connectivity index (χ4n) is 1.56. The molecule has 0 unspecified atom stereocenters. The monoisotopic (exact) mass is 375 g/mol. The maximum atomic E-state index is 12.1. The number of halogens is 1. The van der Waals surface area contributed by atoms with Crippen molar-refractivity contribution in [2.75, 3.05) is 0 Å². The van der Waals surface area contributed by atoms with E-state index in [0.29, 0.717) is 9.35 Å². The van der Waals surface area contributed by atoms with E-state index < -0.39 is 22.0 Å². The first-order chi connectivity index (χ1) is 9.40. The minimum Gasteiger partial charge on any atom is -0.480 e. The van der Waals surface area contributed by atoms with Crippen LogP contribution in [0.2, 0.25) is 0 Å². The molecule has 0 bridgehead atoms. The number of carbonyl (C=O) groups is 1. The zero-order valence-electron chi connectivity index (χ0n) is 9.99. The summed E-state index contributed by atoms with van der Waals surface area (Å²) in [5.41, 5.74) is 0.374. The Kier molecular flexibility index (Phi) is 4.59. The third-order valence-electron chi connectivity index (χ3n) is 2.47. The third-order valence-corrected chi connectivity index (χ3v) is 6.00. The van der Waals surface area contributed by atoms with Gasteiger partial charge in [-0.25, -0.2) is 8.42 Å². The molecule has 1 aromatic heterocycles. The Labute approximate surface area is 128 Å². The van der Waals surface area contributed by atoms with Crippen molar-refractivity contribution < 1.29 is 18.3 Å². The molecular weight excluding hydrogens is 366 g/mol. The number of sulfonamides is 1. The second-order valence-corrected chi connectivity index (χ2v) is 8.27. The highest BCUT2D eigenvalue weighted by atomic mass is 79.9. The number of nitrogens with one attached hydrogen (secondary N) is 1. The normalized spacial score (nSPS) is 13.1. The summed E-state index contributed by atoms with van der Waals surface area (Å²) in [4.78, 5) is 11.3. The lowest BCUT2D eigenvalue weighted by atomic mass is 10.1. The topological polar surface area (TPSA) is 83.5 Å². The van der Waals surface area contributed by atoms with Crippen LogP contribution in [0.1, 0.15) is 11.6 Å². The average Bonchev–Trinajstić information content (AvgIpc) is 2.84. The van der Waals surface area contributed by atoms with Gasteiger partial charge >= 0.3 is 5.97 Å². The number of hydrogen-bond donors (Lipinski definition) is 2. The number of benzene rings is 1. The van der Waals surface area contributed by atoms with Crippen LogP contribution in [0.15, 0.2) is 50.5 Å². The van der Waals surface area contributed by atoms with Crippen LogP contribution in [-0.4, -0.2) is 19.5 Å². The van der Waals surface area contributed by atoms with E-state index in [1.54, 1.807) is 36.4 Å². The van der Waals surface area contributed by atoms with Crippen molar-refractivity contribution in [2.24, 2.45) is 0 Å². The molecule has 0 aliphatic heterocycles. The van der Waals surface area contributed by atoms with Crippen LogP contribution >= 0.6 is 27.3 Å². The molecule has 0 spiro atoms. The van der Waals surface area contributed by atoms with Gasteiger partial charge in [0.2, 0.25) is 0 Å². The molecule has 2 N–H and O–H groups in total. The van der Waals surface area contributed by atoms with Crippen molar-refractivity contribution in [1.29, 1.82) is 0 Å². The van der Waals surface area contributed by atoms with Crippen molar-refractivity contribution >= 4 is 43.3 Å². The maximum absolute atomic E-state index is 12.1. The highest BCUT2D eigenvalue weighted by Crippen LogP contribution is 2.27. The molecule has 0 saturated heterocycles. The zero-order chi connectivity index (χ0) is 14.8. The number of carboxylic acid groups (broad SMARTS) is 1. The summed E-state index contributed by atoms with van der Waals surface area (Å²) in [6.45, 7) is 0. The van der Waals surface area contributed by atoms with Gasteiger partial charge in [-0.05, 0) is 33.6 Å². The first-order valence-electron chi connectivity index (χ1n) is 5.45. The van der Waals surface area contributed by atoms with Crippen molar-refractivity contribution in [1.82, 2.24) is 4.72 Å². The Bertz CT molecular complexity index is 712. The summed E-state index contributed by atoms with van der Waals surface area (Å²) in [5, 5.41) is 9.21. The largest absolute Gasteiger partial charge is 0.480 e. The van der Waals surface area contributed by atoms with Gasteiger partial charge in [-0.2, -0.15) is 4.72 Å². The van der Waals surface area contributed by atoms with Crippen LogP contribution in [0.25, 0.3) is 0 Å². The van der Waals surface area contributed by atoms with Gasteiger partial charge in [-0.1, -0.05) is 30.3 Å². The Morgan fingerprint density at radius 3 is 2.35 bits per heavy atom. The number of hydrogen-bond acceptors (Lipinski definition) is 4. The lowest BCUT2D eigenvalue weighted by Gasteiger charge is -2.14. The van der Waals surface area contributed by atoms with Gasteiger partial charge in [0.15, 0.2) is 0 Å². The molecule has 0 saturated carbocycles. The molecule has 0 aliphatic carbocycles. The van der Waals surface area contributed by atoms with Gasteiger partial charge in [0.05, 0.1) is 3.79 Å². The third kappa shape index (κ3) is 3.45. The molecule has 2 rings (SSSR count). The van der Waals surface area contributed by atoms with Crippen LogP contribution in [0.4, 0.5) is 0 Å². The summed E-state index contributed by atoms with van der Waals surface area (Å²) in [6.07, 6.45) is 0. The number of aliphatic carboxylic acids is 1. The van der Waals surface area contributed by atoms with Crippen LogP contribution in [-0.2, 0) is 14.8 Å². The van der Waals surface area contributed by atoms with Gasteiger partial charge in [0.1, 0.15) is 10.3 Å². The quantitative estimate of drug-likeness (QED) is 0.840. The Balaban J connectivity index is 2.32. The van der Waals surface area contributed by atoms with Crippen LogP contribution < -0.4 is 4.72 Å². The van der Waals surface area contributed by atoms with Gasteiger partial charge in [0, 0.05) is 0 Å². The van der Waals surface area contributed by atoms with E-state index in [1.165, 1.54) is 6.07 Å². The molecular formula is C12H10BrNO4S2. The second kappa shape index (κ2) is 6.04. The summed E-state index contributed by atoms with van der Waals surface area (Å²) < 4.78 is 27.2. The van der Waals surface area contributed by atoms with Crippen LogP contribution in [0.5, 0.6) is 0 Å². The number of thiophene rings is 1. The molecule has 20 heavy (non-hydrogen) atoms. The highest BCUT2D eigenvalue weighted by Gasteiger charge is 2.27. The fraction of sp³-hybridized carbons (Fsp3) is 0.0833. The van der Waals surface area contributed by atoms with E-state index in [1.807, 2.05) is 0 Å². The Hall–Kier alpha value is -1.22. The van der Waals surface area contributed by atoms with Crippen LogP contribution in [0, 0.1) is 0 Å². The minimum absolute atomic E-state index is 0.0616. The lowest BCUT2D eigenvalue weighted by molar-refractivity contribution is -0.139. The summed E-state index contributed by atoms with van der Waals surface area (Å²) in [6, 6.07) is 9.85. The van der Waals surface area contributed by atoms with Gasteiger partial charge in [-0.15, -0.1) is 11.3 Å². The van der Waals surface area contributed by atoms with E-state index in [2.05, 4.69) is 20.7 Å². The van der Waals surface area contributed by atoms with Crippen molar-refractivity contribution in [3.8, 4) is 0 Å². The Morgan fingerprint density at radius 2 is 1.85 bits per heavy atom. The molecule has 1 aromatic carbocycles. The molecule has 1 heterocycles. The highest BCUT2D eigenvalue weighted by molar-refractivity contribution is 9.11. The molecule has 1 atom stereocenters. The SMILES string of the molecule is O=C(O)[C@H](NS(=O)(=O)c1ccc(Br)s1)c1ccccc1. The van der Waals surface area contributed by atoms with Crippen molar-refractivity contribution in [3.05, 3.63) is 51.8 Å². The zero-order valence-corrected chi connectivity index (χ0v) is 13.2. The van der Waals surface area contributed by atoms with E-state index >= 15 is 0 Å². The summed E-state index contributed by atoms with van der Waals surface area (Å²) in [7, 11) is -3.87. The van der Waals surface area contributed by atoms with Gasteiger partial charge in [0.25, 0.3) is 10.0 Å². The minimum atomic E-state index is -3.87. The average molecular weight is 376 g/mol. The molecule has 0 amide bonds. The summed E-state index contributed by atoms with van der Waals surface area (Å²) in [5.74, 6) is -1.25. The first kappa shape index (κ1) is 15.2. The molecule has 106 valence electrons. The standard InChI is InChI=1S/C12H10BrNO4S2/c13-9-6-7-10(19-9)20(17,18)14-11(12(15)16)8-4-2-1-3-5-8/h1-7,11,14H,(H,15,16)/t11-/m1/s1. The predicted octanol–water partition coefficient (Wildman–Crippen LogP) is 2.61. The molecule has 5 nitrogen and oxygen atoms in total. The molecule has 0 aliphatic rings. The molecule has 8 heteroatoms. The number of carboxylic acids is 1. The van der Waals surface area contributed by atoms with Crippen molar-refractivity contribution in [2.45, 2.75) is 10.3 Å². The van der Waals surface area contributed by atoms with E-state index in [0.717, 1.165) is 11.3 Å². The van der Waals surface area contributed by atoms with Gasteiger partial charge < -0.3 is 5.11 Å². The fourth-order valence-corrected chi connectivity index (χ4v) is 4.77. The maximum Gasteiger partial charge on any atom is 0.326 e. The number of rotatable bonds is 5.